The second-order valence-corrected chi connectivity index (χ2v) is 44.5. The highest BCUT2D eigenvalue weighted by atomic mass is 16.6. The number of esters is 6. The number of ether oxygens (including phenoxy) is 6. The molecule has 0 heterocycles. The maximum atomic E-state index is 14.8. The lowest BCUT2D eigenvalue weighted by Gasteiger charge is -2.33. The molecule has 0 aliphatic heterocycles. The van der Waals surface area contributed by atoms with E-state index in [1.165, 1.54) is 193 Å². The first-order valence-electron chi connectivity index (χ1n) is 64.1. The molecule has 1 saturated carbocycles. The summed E-state index contributed by atoms with van der Waals surface area (Å²) in [6.45, 7) is 26.7. The Morgan fingerprint density at radius 2 is 0.286 bits per heavy atom. The Morgan fingerprint density at radius 1 is 0.163 bits per heavy atom. The van der Waals surface area contributed by atoms with E-state index in [2.05, 4.69) is 72.2 Å². The molecule has 0 unspecified atom stereocenters. The number of unbranched alkanes of at least 4 members (excludes halogenated alkanes) is 66. The molecule has 21 nitrogen and oxygen atoms in total. The fourth-order valence-corrected chi connectivity index (χ4v) is 20.7. The standard InChI is InChI=1S/C126H240N6O15/c1-7-13-19-25-43-61-79-106-142-118(133)88-67-49-31-37-55-73-97-130(98-74-56-38-32-50-68-89-119(134)143-107-80-62-44-26-20-14-8-2)103-85-94-127-124(139)115-112-116(125(140)128-95-86-104-131(99-75-57-39-33-51-69-90-120(135)144-108-81-63-45-27-21-15-9-3)100-76-58-40-34-52-70-91-121(136)145-109-82-64-46-28-22-16-10-4)114-117(113-115)126(141)129-96-87-105-132(101-77-59-41-35-53-71-92-122(137)146-110-83-65-47-29-23-17-11-5)102-78-60-42-36-54-72-93-123(138)147-111-84-66-48-30-24-18-12-6/h115-117H,7-114H2,1-6H3,(H,127,139)(H,128,140)(H,129,141)/t115-,116+,117-. The van der Waals surface area contributed by atoms with Crippen LogP contribution in [0.4, 0.5) is 0 Å². The second-order valence-electron chi connectivity index (χ2n) is 44.5. The van der Waals surface area contributed by atoms with Crippen LogP contribution in [0.1, 0.15) is 619 Å². The van der Waals surface area contributed by atoms with E-state index in [-0.39, 0.29) is 53.5 Å². The van der Waals surface area contributed by atoms with Gasteiger partial charge in [-0.2, -0.15) is 0 Å². The molecule has 0 aromatic carbocycles. The molecule has 1 rings (SSSR count). The van der Waals surface area contributed by atoms with Gasteiger partial charge in [-0.1, -0.05) is 427 Å². The number of nitrogens with zero attached hydrogens (tertiary/aromatic N) is 3. The van der Waals surface area contributed by atoms with Crippen LogP contribution in [0.25, 0.3) is 0 Å². The van der Waals surface area contributed by atoms with Gasteiger partial charge in [0.25, 0.3) is 0 Å². The van der Waals surface area contributed by atoms with E-state index in [4.69, 9.17) is 28.4 Å². The maximum absolute atomic E-state index is 14.8. The zero-order chi connectivity index (χ0) is 106. The normalized spacial score (nSPS) is 13.7. The van der Waals surface area contributed by atoms with E-state index in [1.54, 1.807) is 0 Å². The Bertz CT molecular complexity index is 2480. The fourth-order valence-electron chi connectivity index (χ4n) is 20.7. The van der Waals surface area contributed by atoms with Crippen molar-refractivity contribution in [3.8, 4) is 0 Å². The molecule has 864 valence electrons. The summed E-state index contributed by atoms with van der Waals surface area (Å²) >= 11 is 0. The smallest absolute Gasteiger partial charge is 0.305 e. The monoisotopic (exact) mass is 2080 g/mol. The lowest BCUT2D eigenvalue weighted by Crippen LogP contribution is -2.45. The van der Waals surface area contributed by atoms with E-state index < -0.39 is 17.8 Å². The molecule has 1 aliphatic rings. The molecule has 0 bridgehead atoms. The summed E-state index contributed by atoms with van der Waals surface area (Å²) in [5, 5.41) is 10.0. The summed E-state index contributed by atoms with van der Waals surface area (Å²) in [7, 11) is 0. The second kappa shape index (κ2) is 112. The Kier molecular flexibility index (Phi) is 107. The Morgan fingerprint density at radius 3 is 0.435 bits per heavy atom. The lowest BCUT2D eigenvalue weighted by molar-refractivity contribution is -0.144. The molecule has 0 atom stereocenters. The summed E-state index contributed by atoms with van der Waals surface area (Å²) in [4.78, 5) is 127. The molecular formula is C126H240N6O15. The van der Waals surface area contributed by atoms with Crippen LogP contribution in [-0.4, -0.2) is 186 Å². The third kappa shape index (κ3) is 99.0. The molecule has 1 aliphatic carbocycles. The lowest BCUT2D eigenvalue weighted by atomic mass is 9.74. The third-order valence-electron chi connectivity index (χ3n) is 30.4. The number of carbonyl (C=O) groups is 9. The van der Waals surface area contributed by atoms with Crippen LogP contribution < -0.4 is 16.0 Å². The van der Waals surface area contributed by atoms with Gasteiger partial charge in [-0.3, -0.25) is 43.2 Å². The largest absolute Gasteiger partial charge is 0.466 e. The van der Waals surface area contributed by atoms with Crippen molar-refractivity contribution in [1.82, 2.24) is 30.7 Å². The van der Waals surface area contributed by atoms with E-state index >= 15 is 0 Å². The maximum Gasteiger partial charge on any atom is 0.305 e. The molecule has 0 radical (unpaired) electrons. The summed E-state index contributed by atoms with van der Waals surface area (Å²) in [5.74, 6) is -2.05. The van der Waals surface area contributed by atoms with Crippen LogP contribution in [0.3, 0.4) is 0 Å². The van der Waals surface area contributed by atoms with Gasteiger partial charge in [0.2, 0.25) is 17.7 Å². The number of rotatable bonds is 117. The van der Waals surface area contributed by atoms with Crippen LogP contribution in [-0.2, 0) is 71.6 Å². The van der Waals surface area contributed by atoms with Gasteiger partial charge in [-0.05, 0) is 213 Å². The minimum Gasteiger partial charge on any atom is -0.466 e. The van der Waals surface area contributed by atoms with Crippen molar-refractivity contribution in [2.45, 2.75) is 619 Å². The summed E-state index contributed by atoms with van der Waals surface area (Å²) in [5.41, 5.74) is 0. The first-order chi connectivity index (χ1) is 72.2. The van der Waals surface area contributed by atoms with E-state index in [0.29, 0.717) is 117 Å². The number of hydrogen-bond acceptors (Lipinski definition) is 18. The average molecular weight is 2080 g/mol. The molecule has 3 amide bonds. The van der Waals surface area contributed by atoms with Gasteiger partial charge in [0.15, 0.2) is 0 Å². The Hall–Kier alpha value is -4.89. The first kappa shape index (κ1) is 140. The van der Waals surface area contributed by atoms with Gasteiger partial charge < -0.3 is 59.1 Å². The summed E-state index contributed by atoms with van der Waals surface area (Å²) in [6, 6.07) is 0. The van der Waals surface area contributed by atoms with Crippen LogP contribution in [0.2, 0.25) is 0 Å². The minimum absolute atomic E-state index is 0.0620. The Balaban J connectivity index is 3.35. The SMILES string of the molecule is CCCCCCCCCOC(=O)CCCCCCCCN(CCCCCCCCC(=O)OCCCCCCCCC)CCCNC(=O)[C@H]1C[C@@H](C(=O)NCCCN(CCCCCCCCC(=O)OCCCCCCCCC)CCCCCCCCC(=O)OCCCCCCCCC)C[C@@H](C(=O)NCCCN(CCCCCCCCC(=O)OCCCCCCCCC)CCCCCCCCC(=O)OCCCCCCCCC)C1. The van der Waals surface area contributed by atoms with Gasteiger partial charge >= 0.3 is 35.8 Å². The quantitative estimate of drug-likeness (QED) is 0.0291. The topological polar surface area (TPSA) is 255 Å². The van der Waals surface area contributed by atoms with Crippen LogP contribution >= 0.6 is 0 Å². The third-order valence-corrected chi connectivity index (χ3v) is 30.4. The van der Waals surface area contributed by atoms with Gasteiger partial charge in [0, 0.05) is 75.9 Å². The van der Waals surface area contributed by atoms with Crippen LogP contribution in [0.5, 0.6) is 0 Å². The van der Waals surface area contributed by atoms with Gasteiger partial charge in [0.1, 0.15) is 0 Å². The predicted octanol–water partition coefficient (Wildman–Crippen LogP) is 32.6. The molecule has 3 N–H and O–H groups in total. The van der Waals surface area contributed by atoms with Crippen molar-refractivity contribution in [3.05, 3.63) is 0 Å². The highest BCUT2D eigenvalue weighted by Crippen LogP contribution is 2.35. The van der Waals surface area contributed by atoms with Crippen molar-refractivity contribution < 1.29 is 71.6 Å². The van der Waals surface area contributed by atoms with Crippen molar-refractivity contribution in [1.29, 1.82) is 0 Å². The molecule has 0 aromatic heterocycles. The average Bonchev–Trinajstić information content (AvgIpc) is 0.824. The molecule has 0 aromatic rings. The highest BCUT2D eigenvalue weighted by molar-refractivity contribution is 5.86. The van der Waals surface area contributed by atoms with Crippen molar-refractivity contribution >= 4 is 53.5 Å². The molecule has 147 heavy (non-hydrogen) atoms. The van der Waals surface area contributed by atoms with Gasteiger partial charge in [-0.15, -0.1) is 0 Å². The first-order valence-corrected chi connectivity index (χ1v) is 64.1. The van der Waals surface area contributed by atoms with Crippen LogP contribution in [0.15, 0.2) is 0 Å². The fraction of sp³-hybridized carbons (Fsp3) is 0.929. The zero-order valence-electron chi connectivity index (χ0n) is 97.6. The predicted molar refractivity (Wildman–Crippen MR) is 614 cm³/mol. The van der Waals surface area contributed by atoms with Gasteiger partial charge in [-0.25, -0.2) is 0 Å². The molecular weight excluding hydrogens is 1840 g/mol. The van der Waals surface area contributed by atoms with Crippen molar-refractivity contribution in [2.24, 2.45) is 17.8 Å². The summed E-state index contributed by atoms with van der Waals surface area (Å²) in [6.07, 6.45) is 95.0. The van der Waals surface area contributed by atoms with Gasteiger partial charge in [0.05, 0.1) is 39.6 Å². The van der Waals surface area contributed by atoms with Crippen molar-refractivity contribution in [3.63, 3.8) is 0 Å². The van der Waals surface area contributed by atoms with Crippen LogP contribution in [0, 0.1) is 17.8 Å². The Labute approximate surface area is 905 Å². The van der Waals surface area contributed by atoms with E-state index in [9.17, 15) is 43.2 Å². The molecule has 1 fully saturated rings. The zero-order valence-corrected chi connectivity index (χ0v) is 97.6. The molecule has 21 heteroatoms. The van der Waals surface area contributed by atoms with Crippen molar-refractivity contribution in [2.75, 3.05) is 118 Å². The summed E-state index contributed by atoms with van der Waals surface area (Å²) < 4.78 is 33.5. The minimum atomic E-state index is -0.488. The number of carbonyl (C=O) groups excluding carboxylic acids is 9. The van der Waals surface area contributed by atoms with E-state index in [0.717, 1.165) is 386 Å². The highest BCUT2D eigenvalue weighted by Gasteiger charge is 2.39. The molecule has 0 spiro atoms. The number of nitrogens with one attached hydrogen (secondary N) is 3. The van der Waals surface area contributed by atoms with E-state index in [1.807, 2.05) is 0 Å². The number of hydrogen-bond donors (Lipinski definition) is 3. The number of amides is 3. The molecule has 0 saturated heterocycles.